The Morgan fingerprint density at radius 2 is 1.38 bits per heavy atom. The van der Waals surface area contributed by atoms with Crippen molar-refractivity contribution >= 4 is 49.6 Å². The lowest BCUT2D eigenvalue weighted by molar-refractivity contribution is 0.396. The molecule has 11 heteroatoms. The van der Waals surface area contributed by atoms with Crippen LogP contribution in [0.15, 0.2) is 138 Å². The number of nitrogens with zero attached hydrogens (tertiary/aromatic N) is 9. The van der Waals surface area contributed by atoms with Crippen molar-refractivity contribution in [1.29, 1.82) is 0 Å². The van der Waals surface area contributed by atoms with Crippen molar-refractivity contribution in [3.05, 3.63) is 182 Å². The van der Waals surface area contributed by atoms with Gasteiger partial charge in [0.25, 0.3) is 0 Å². The first-order valence-corrected chi connectivity index (χ1v) is 19.3. The number of halogens is 2. The normalized spacial score (nSPS) is 11.9. The number of aryl methyl sites for hydroxylation is 3. The minimum absolute atomic E-state index is 0.372. The second-order valence-corrected chi connectivity index (χ2v) is 14.8. The molecule has 0 amide bonds. The third kappa shape index (κ3) is 5.84. The molecular weight excluding hydrogens is 770 g/mol. The molecule has 55 heavy (non-hydrogen) atoms. The van der Waals surface area contributed by atoms with E-state index in [9.17, 15) is 0 Å². The van der Waals surface area contributed by atoms with E-state index in [0.717, 1.165) is 72.4 Å². The van der Waals surface area contributed by atoms with E-state index in [1.165, 1.54) is 0 Å². The molecule has 0 aliphatic carbocycles. The number of tetrazole rings is 1. The maximum absolute atomic E-state index is 7.05. The molecule has 0 bridgehead atoms. The summed E-state index contributed by atoms with van der Waals surface area (Å²) in [5, 5.41) is 21.1. The van der Waals surface area contributed by atoms with E-state index < -0.39 is 5.54 Å². The van der Waals surface area contributed by atoms with Crippen LogP contribution in [0, 0.1) is 13.8 Å². The van der Waals surface area contributed by atoms with E-state index in [-0.39, 0.29) is 0 Å². The topological polar surface area (TPSA) is 92.1 Å². The van der Waals surface area contributed by atoms with Crippen LogP contribution < -0.4 is 0 Å². The fourth-order valence-electron chi connectivity index (χ4n) is 7.68. The lowest BCUT2D eigenvalue weighted by Crippen LogP contribution is -2.39. The van der Waals surface area contributed by atoms with Gasteiger partial charge in [-0.3, -0.25) is 0 Å². The summed E-state index contributed by atoms with van der Waals surface area (Å²) < 4.78 is 4.86. The molecule has 0 aliphatic rings. The van der Waals surface area contributed by atoms with Crippen LogP contribution in [0.3, 0.4) is 0 Å². The predicted molar refractivity (Wildman–Crippen MR) is 221 cm³/mol. The van der Waals surface area contributed by atoms with Crippen molar-refractivity contribution in [2.24, 2.45) is 0 Å². The summed E-state index contributed by atoms with van der Waals surface area (Å²) in [7, 11) is 0. The molecule has 0 fully saturated rings. The summed E-state index contributed by atoms with van der Waals surface area (Å²) in [6.07, 6.45) is 0.804. The fraction of sp³-hybridized carbons (Fsp3) is 0.136. The second-order valence-electron chi connectivity index (χ2n) is 13.6. The average Bonchev–Trinajstić information content (AvgIpc) is 3.93. The van der Waals surface area contributed by atoms with E-state index in [1.807, 2.05) is 90.5 Å². The van der Waals surface area contributed by atoms with Gasteiger partial charge in [-0.1, -0.05) is 122 Å². The monoisotopic (exact) mass is 803 g/mol. The summed E-state index contributed by atoms with van der Waals surface area (Å²) in [6, 6.07) is 45.0. The first-order valence-electron chi connectivity index (χ1n) is 18.1. The lowest BCUT2D eigenvalue weighted by Gasteiger charge is -2.34. The minimum Gasteiger partial charge on any atom is -0.308 e. The summed E-state index contributed by atoms with van der Waals surface area (Å²) >= 11 is 11.0. The Morgan fingerprint density at radius 3 is 2.02 bits per heavy atom. The van der Waals surface area contributed by atoms with E-state index in [4.69, 9.17) is 42.1 Å². The van der Waals surface area contributed by atoms with Gasteiger partial charge in [0.15, 0.2) is 11.2 Å². The summed E-state index contributed by atoms with van der Waals surface area (Å²) in [4.78, 5) is 11.5. The number of rotatable bonds is 9. The van der Waals surface area contributed by atoms with E-state index in [1.54, 1.807) is 4.80 Å². The molecule has 0 aliphatic heterocycles. The molecule has 0 spiro atoms. The molecular formula is C44H35BrClN9. The highest BCUT2D eigenvalue weighted by atomic mass is 79.9. The molecule has 4 heterocycles. The molecule has 270 valence electrons. The van der Waals surface area contributed by atoms with Gasteiger partial charge in [0.05, 0.1) is 28.3 Å². The van der Waals surface area contributed by atoms with Crippen LogP contribution in [0.1, 0.15) is 46.3 Å². The first kappa shape index (κ1) is 34.8. The van der Waals surface area contributed by atoms with E-state index in [0.29, 0.717) is 28.6 Å². The number of benzene rings is 5. The minimum atomic E-state index is -0.932. The van der Waals surface area contributed by atoms with E-state index in [2.05, 4.69) is 88.9 Å². The van der Waals surface area contributed by atoms with Gasteiger partial charge in [-0.25, -0.2) is 14.6 Å². The molecule has 0 radical (unpaired) electrons. The Hall–Kier alpha value is -5.97. The van der Waals surface area contributed by atoms with E-state index >= 15 is 0 Å². The summed E-state index contributed by atoms with van der Waals surface area (Å²) in [5.74, 6) is 1.38. The molecule has 4 aromatic heterocycles. The maximum atomic E-state index is 7.05. The maximum Gasteiger partial charge on any atom is 0.208 e. The molecule has 0 unspecified atom stereocenters. The van der Waals surface area contributed by atoms with Crippen molar-refractivity contribution in [2.45, 2.75) is 39.3 Å². The highest BCUT2D eigenvalue weighted by Crippen LogP contribution is 2.41. The molecule has 9 rings (SSSR count). The molecule has 9 nitrogen and oxygen atoms in total. The zero-order chi connectivity index (χ0) is 37.7. The number of imidazole rings is 1. The smallest absolute Gasteiger partial charge is 0.208 e. The van der Waals surface area contributed by atoms with Crippen molar-refractivity contribution in [1.82, 2.24) is 44.5 Å². The Labute approximate surface area is 331 Å². The van der Waals surface area contributed by atoms with Crippen LogP contribution in [-0.4, -0.2) is 44.5 Å². The van der Waals surface area contributed by atoms with Crippen molar-refractivity contribution < 1.29 is 0 Å². The van der Waals surface area contributed by atoms with Crippen LogP contribution in [0.25, 0.3) is 39.1 Å². The van der Waals surface area contributed by atoms with Gasteiger partial charge in [0.1, 0.15) is 15.9 Å². The lowest BCUT2D eigenvalue weighted by atomic mass is 9.77. The largest absolute Gasteiger partial charge is 0.308 e. The predicted octanol–water partition coefficient (Wildman–Crippen LogP) is 9.91. The molecule has 0 saturated carbocycles. The van der Waals surface area contributed by atoms with Gasteiger partial charge < -0.3 is 4.57 Å². The van der Waals surface area contributed by atoms with Gasteiger partial charge in [-0.15, -0.1) is 15.0 Å². The number of aromatic nitrogens is 9. The van der Waals surface area contributed by atoms with Crippen molar-refractivity contribution in [2.75, 3.05) is 0 Å². The zero-order valence-corrected chi connectivity index (χ0v) is 32.7. The Bertz CT molecular complexity index is 2730. The van der Waals surface area contributed by atoms with Crippen molar-refractivity contribution in [3.63, 3.8) is 0 Å². The summed E-state index contributed by atoms with van der Waals surface area (Å²) in [6.45, 7) is 6.88. The van der Waals surface area contributed by atoms with Crippen LogP contribution in [0.2, 0.25) is 5.02 Å². The number of fused-ring (bicyclic) bond motifs is 2. The molecule has 0 saturated heterocycles. The quantitative estimate of drug-likeness (QED) is 0.135. The number of hydrogen-bond acceptors (Lipinski definition) is 6. The summed E-state index contributed by atoms with van der Waals surface area (Å²) in [5.41, 5.74) is 9.26. The average molecular weight is 805 g/mol. The fourth-order valence-corrected chi connectivity index (χ4v) is 8.52. The second kappa shape index (κ2) is 14.0. The highest BCUT2D eigenvalue weighted by Gasteiger charge is 2.41. The van der Waals surface area contributed by atoms with Crippen LogP contribution >= 0.6 is 27.5 Å². The highest BCUT2D eigenvalue weighted by molar-refractivity contribution is 9.10. The standard InChI is InChI=1S/C44H35BrClN9/c1-4-38-48-40-28(2)25-29(3)47-43(40)53(38)27-30-23-24-36-34(26-30)41(45)54(50-36)37-22-14-21-35(46)39(37)42-49-52-55(51-42)44(31-15-8-5-9-16-31,32-17-10-6-11-18-32)33-19-12-7-13-20-33/h5-26H,4,27H2,1-3H3. The van der Waals surface area contributed by atoms with Gasteiger partial charge in [0, 0.05) is 17.5 Å². The third-order valence-corrected chi connectivity index (χ3v) is 11.2. The Morgan fingerprint density at radius 1 is 0.727 bits per heavy atom. The number of hydrogen-bond donors (Lipinski definition) is 0. The number of pyridine rings is 1. The van der Waals surface area contributed by atoms with Gasteiger partial charge in [0.2, 0.25) is 5.82 Å². The Kier molecular flexibility index (Phi) is 8.87. The molecule has 0 atom stereocenters. The van der Waals surface area contributed by atoms with Crippen LogP contribution in [0.5, 0.6) is 0 Å². The zero-order valence-electron chi connectivity index (χ0n) is 30.4. The van der Waals surface area contributed by atoms with Gasteiger partial charge >= 0.3 is 0 Å². The molecule has 9 aromatic rings. The van der Waals surface area contributed by atoms with Crippen LogP contribution in [-0.2, 0) is 18.5 Å². The first-order chi connectivity index (χ1) is 26.9. The van der Waals surface area contributed by atoms with Crippen LogP contribution in [0.4, 0.5) is 0 Å². The van der Waals surface area contributed by atoms with Gasteiger partial charge in [-0.2, -0.15) is 5.10 Å². The van der Waals surface area contributed by atoms with Crippen molar-refractivity contribution in [3.8, 4) is 17.1 Å². The third-order valence-electron chi connectivity index (χ3n) is 10.2. The van der Waals surface area contributed by atoms with Gasteiger partial charge in [-0.05, 0) is 93.1 Å². The molecule has 0 N–H and O–H groups in total. The molecule has 5 aromatic carbocycles. The SMILES string of the molecule is CCc1nc2c(C)cc(C)nc2n1Cc1ccc2nn(-c3cccc(Cl)c3-c3nnn(C(c4ccccc4)(c4ccccc4)c4ccccc4)n3)c(Br)c2c1. The Balaban J connectivity index is 1.16.